The second-order valence-corrected chi connectivity index (χ2v) is 3.90. The fourth-order valence-electron chi connectivity index (χ4n) is 1.48. The Labute approximate surface area is 124 Å². The van der Waals surface area contributed by atoms with E-state index in [0.29, 0.717) is 0 Å². The van der Waals surface area contributed by atoms with E-state index in [1.807, 2.05) is 0 Å². The Morgan fingerprint density at radius 2 is 2.00 bits per heavy atom. The number of hydrogen-bond donors (Lipinski definition) is 3. The molecule has 21 heavy (non-hydrogen) atoms. The number of ether oxygens (including phenoxy) is 1. The van der Waals surface area contributed by atoms with Gasteiger partial charge in [-0.1, -0.05) is 6.07 Å². The van der Waals surface area contributed by atoms with Gasteiger partial charge in [-0.2, -0.15) is 8.78 Å². The summed E-state index contributed by atoms with van der Waals surface area (Å²) >= 11 is 0. The van der Waals surface area contributed by atoms with Crippen molar-refractivity contribution in [3.8, 4) is 5.75 Å². The number of alkyl halides is 2. The van der Waals surface area contributed by atoms with Crippen molar-refractivity contribution in [1.29, 1.82) is 0 Å². The van der Waals surface area contributed by atoms with Gasteiger partial charge >= 0.3 is 17.9 Å². The first-order chi connectivity index (χ1) is 9.21. The van der Waals surface area contributed by atoms with Gasteiger partial charge in [0.05, 0.1) is 6.61 Å². The number of carboxylic acid groups (broad SMARTS) is 1. The Morgan fingerprint density at radius 1 is 1.43 bits per heavy atom. The van der Waals surface area contributed by atoms with Crippen molar-refractivity contribution >= 4 is 24.3 Å². The van der Waals surface area contributed by atoms with Gasteiger partial charge < -0.3 is 20.7 Å². The number of carboxylic acids is 1. The molecule has 0 amide bonds. The highest BCUT2D eigenvalue weighted by Gasteiger charge is 2.47. The van der Waals surface area contributed by atoms with Gasteiger partial charge in [0.1, 0.15) is 17.4 Å². The van der Waals surface area contributed by atoms with Crippen LogP contribution in [-0.4, -0.2) is 34.7 Å². The lowest BCUT2D eigenvalue weighted by atomic mass is 9.99. The van der Waals surface area contributed by atoms with E-state index in [2.05, 4.69) is 4.74 Å². The minimum atomic E-state index is -4.01. The molecule has 0 aromatic heterocycles. The lowest BCUT2D eigenvalue weighted by Gasteiger charge is -2.22. The number of aromatic hydroxyl groups is 1. The van der Waals surface area contributed by atoms with E-state index in [1.54, 1.807) is 0 Å². The van der Waals surface area contributed by atoms with E-state index in [4.69, 9.17) is 10.8 Å². The van der Waals surface area contributed by atoms with Crippen LogP contribution in [0.15, 0.2) is 18.2 Å². The third-order valence-corrected chi connectivity index (χ3v) is 2.55. The van der Waals surface area contributed by atoms with Gasteiger partial charge in [0.2, 0.25) is 0 Å². The van der Waals surface area contributed by atoms with E-state index >= 15 is 0 Å². The summed E-state index contributed by atoms with van der Waals surface area (Å²) in [7, 11) is 0. The molecule has 0 radical (unpaired) electrons. The monoisotopic (exact) mass is 325 g/mol. The number of halogens is 3. The Balaban J connectivity index is 0.00000400. The molecule has 0 bridgehead atoms. The van der Waals surface area contributed by atoms with E-state index in [1.165, 1.54) is 6.92 Å². The number of carbonyl (C=O) groups excluding carboxylic acids is 1. The molecule has 0 spiro atoms. The lowest BCUT2D eigenvalue weighted by Crippen LogP contribution is -2.41. The van der Waals surface area contributed by atoms with Crippen LogP contribution in [-0.2, 0) is 9.53 Å². The highest BCUT2D eigenvalue weighted by atomic mass is 35.5. The molecule has 9 heteroatoms. The SMILES string of the molecule is CCOC(=O)C(F)(F)[C@@H](N)c1ccc(O)c(C(=O)O)c1.Cl. The Hall–Kier alpha value is -1.93. The van der Waals surface area contributed by atoms with Gasteiger partial charge in [-0.25, -0.2) is 9.59 Å². The third kappa shape index (κ3) is 4.02. The minimum absolute atomic E-state index is 0. The molecular formula is C12H14ClF2NO5. The van der Waals surface area contributed by atoms with Gasteiger partial charge in [0.25, 0.3) is 0 Å². The van der Waals surface area contributed by atoms with Crippen molar-refractivity contribution in [3.63, 3.8) is 0 Å². The smallest absolute Gasteiger partial charge is 0.379 e. The molecule has 0 heterocycles. The molecular weight excluding hydrogens is 312 g/mol. The maximum Gasteiger partial charge on any atom is 0.379 e. The standard InChI is InChI=1S/C12H13F2NO5.ClH/c1-2-20-11(19)12(13,14)9(15)6-3-4-8(16)7(5-6)10(17)18;/h3-5,9,16H,2,15H2,1H3,(H,17,18);1H/t9-;/m0./s1. The Morgan fingerprint density at radius 3 is 2.48 bits per heavy atom. The van der Waals surface area contributed by atoms with Crippen molar-refractivity contribution in [2.75, 3.05) is 6.61 Å². The van der Waals surface area contributed by atoms with Crippen molar-refractivity contribution in [1.82, 2.24) is 0 Å². The lowest BCUT2D eigenvalue weighted by molar-refractivity contribution is -0.174. The topological polar surface area (TPSA) is 110 Å². The minimum Gasteiger partial charge on any atom is -0.507 e. The van der Waals surface area contributed by atoms with Crippen molar-refractivity contribution in [3.05, 3.63) is 29.3 Å². The second-order valence-electron chi connectivity index (χ2n) is 3.90. The number of carbonyl (C=O) groups is 2. The molecule has 1 aromatic rings. The summed E-state index contributed by atoms with van der Waals surface area (Å²) in [6, 6.07) is 0.634. The van der Waals surface area contributed by atoms with Crippen molar-refractivity contribution < 1.29 is 33.3 Å². The maximum atomic E-state index is 13.7. The molecule has 0 saturated carbocycles. The average molecular weight is 326 g/mol. The summed E-state index contributed by atoms with van der Waals surface area (Å²) in [4.78, 5) is 22.0. The van der Waals surface area contributed by atoms with Crippen LogP contribution in [0, 0.1) is 0 Å². The molecule has 1 aromatic carbocycles. The van der Waals surface area contributed by atoms with Crippen molar-refractivity contribution in [2.45, 2.75) is 18.9 Å². The predicted octanol–water partition coefficient (Wildman–Crippen LogP) is 1.71. The number of benzene rings is 1. The summed E-state index contributed by atoms with van der Waals surface area (Å²) in [5.74, 6) is -7.90. The summed E-state index contributed by atoms with van der Waals surface area (Å²) in [5.41, 5.74) is 4.40. The van der Waals surface area contributed by atoms with Crippen LogP contribution in [0.2, 0.25) is 0 Å². The van der Waals surface area contributed by atoms with Crippen LogP contribution >= 0.6 is 12.4 Å². The molecule has 0 unspecified atom stereocenters. The normalized spacial score (nSPS) is 12.2. The number of esters is 1. The Kier molecular flexibility index (Phi) is 6.52. The number of phenols is 1. The maximum absolute atomic E-state index is 13.7. The van der Waals surface area contributed by atoms with Crippen LogP contribution in [0.25, 0.3) is 0 Å². The fraction of sp³-hybridized carbons (Fsp3) is 0.333. The van der Waals surface area contributed by atoms with E-state index < -0.39 is 35.2 Å². The van der Waals surface area contributed by atoms with E-state index in [-0.39, 0.29) is 24.6 Å². The molecule has 0 fully saturated rings. The van der Waals surface area contributed by atoms with Crippen LogP contribution in [0.4, 0.5) is 8.78 Å². The molecule has 6 nitrogen and oxygen atoms in total. The molecule has 4 N–H and O–H groups in total. The van der Waals surface area contributed by atoms with Crippen LogP contribution in [0.3, 0.4) is 0 Å². The Bertz CT molecular complexity index is 538. The third-order valence-electron chi connectivity index (χ3n) is 2.55. The zero-order valence-corrected chi connectivity index (χ0v) is 11.7. The van der Waals surface area contributed by atoms with Crippen LogP contribution in [0.1, 0.15) is 28.9 Å². The predicted molar refractivity (Wildman–Crippen MR) is 70.8 cm³/mol. The summed E-state index contributed by atoms with van der Waals surface area (Å²) in [6.45, 7) is 1.12. The zero-order valence-electron chi connectivity index (χ0n) is 10.9. The van der Waals surface area contributed by atoms with Crippen molar-refractivity contribution in [2.24, 2.45) is 5.73 Å². The number of hydrogen-bond acceptors (Lipinski definition) is 5. The van der Waals surface area contributed by atoms with Gasteiger partial charge in [0, 0.05) is 0 Å². The van der Waals surface area contributed by atoms with E-state index in [0.717, 1.165) is 18.2 Å². The van der Waals surface area contributed by atoms with Gasteiger partial charge in [-0.05, 0) is 24.6 Å². The zero-order chi connectivity index (χ0) is 15.5. The average Bonchev–Trinajstić information content (AvgIpc) is 2.38. The molecule has 1 rings (SSSR count). The number of nitrogens with two attached hydrogens (primary N) is 1. The number of rotatable bonds is 5. The molecule has 0 aliphatic carbocycles. The largest absolute Gasteiger partial charge is 0.507 e. The van der Waals surface area contributed by atoms with Gasteiger partial charge in [-0.3, -0.25) is 0 Å². The quantitative estimate of drug-likeness (QED) is 0.711. The highest BCUT2D eigenvalue weighted by Crippen LogP contribution is 2.32. The molecule has 0 saturated heterocycles. The van der Waals surface area contributed by atoms with Crippen LogP contribution < -0.4 is 5.73 Å². The molecule has 1 atom stereocenters. The highest BCUT2D eigenvalue weighted by molar-refractivity contribution is 5.91. The first-order valence-electron chi connectivity index (χ1n) is 5.58. The van der Waals surface area contributed by atoms with Crippen LogP contribution in [0.5, 0.6) is 5.75 Å². The van der Waals surface area contributed by atoms with E-state index in [9.17, 15) is 23.5 Å². The molecule has 118 valence electrons. The van der Waals surface area contributed by atoms with Gasteiger partial charge in [-0.15, -0.1) is 12.4 Å². The summed E-state index contributed by atoms with van der Waals surface area (Å²) in [6.07, 6.45) is 0. The summed E-state index contributed by atoms with van der Waals surface area (Å²) < 4.78 is 31.6. The first-order valence-corrected chi connectivity index (χ1v) is 5.58. The number of aromatic carboxylic acids is 1. The fourth-order valence-corrected chi connectivity index (χ4v) is 1.48. The van der Waals surface area contributed by atoms with Gasteiger partial charge in [0.15, 0.2) is 0 Å². The first kappa shape index (κ1) is 19.1. The second kappa shape index (κ2) is 7.19. The summed E-state index contributed by atoms with van der Waals surface area (Å²) in [5, 5.41) is 18.1. The molecule has 0 aliphatic rings. The molecule has 0 aliphatic heterocycles.